The van der Waals surface area contributed by atoms with Crippen LogP contribution in [0.15, 0.2) is 0 Å². The van der Waals surface area contributed by atoms with Gasteiger partial charge >= 0.3 is 0 Å². The Bertz CT molecular complexity index is 204. The van der Waals surface area contributed by atoms with Crippen LogP contribution in [0.5, 0.6) is 0 Å². The molecular weight excluding hydrogens is 182 g/mol. The summed E-state index contributed by atoms with van der Waals surface area (Å²) in [5.74, 6) is 2.12. The van der Waals surface area contributed by atoms with Gasteiger partial charge in [-0.1, -0.05) is 38.5 Å². The van der Waals surface area contributed by atoms with Crippen LogP contribution in [0.4, 0.5) is 0 Å². The molecule has 0 radical (unpaired) electrons. The van der Waals surface area contributed by atoms with Crippen LogP contribution in [0.3, 0.4) is 0 Å². The Hall–Kier alpha value is -0.0400. The number of hydrogen-bond donors (Lipinski definition) is 1. The van der Waals surface area contributed by atoms with E-state index >= 15 is 0 Å². The second kappa shape index (κ2) is 4.08. The van der Waals surface area contributed by atoms with Gasteiger partial charge in [0.05, 0.1) is 0 Å². The first-order valence-electron chi connectivity index (χ1n) is 7.07. The van der Waals surface area contributed by atoms with E-state index in [2.05, 4.69) is 5.32 Å². The Kier molecular flexibility index (Phi) is 2.76. The van der Waals surface area contributed by atoms with Gasteiger partial charge in [0.1, 0.15) is 0 Å². The minimum atomic E-state index is 0.762. The molecule has 2 bridgehead atoms. The Balaban J connectivity index is 1.55. The number of rotatable bonds is 2. The van der Waals surface area contributed by atoms with Crippen molar-refractivity contribution >= 4 is 0 Å². The maximum atomic E-state index is 3.63. The lowest BCUT2D eigenvalue weighted by atomic mass is 9.56. The summed E-state index contributed by atoms with van der Waals surface area (Å²) in [6.07, 6.45) is 13.8. The van der Waals surface area contributed by atoms with E-state index in [-0.39, 0.29) is 0 Å². The SMILES string of the molecule is C1CCCC(CC23CNCC(C2)C3)CC1. The van der Waals surface area contributed by atoms with Gasteiger partial charge in [-0.15, -0.1) is 0 Å². The third-order valence-electron chi connectivity index (χ3n) is 5.07. The summed E-state index contributed by atoms with van der Waals surface area (Å²) in [5.41, 5.74) is 0.762. The number of piperidine rings is 2. The lowest BCUT2D eigenvalue weighted by Gasteiger charge is -2.54. The molecule has 2 saturated heterocycles. The molecule has 2 saturated carbocycles. The molecule has 0 aromatic rings. The summed E-state index contributed by atoms with van der Waals surface area (Å²) in [4.78, 5) is 0. The van der Waals surface area contributed by atoms with Gasteiger partial charge in [-0.2, -0.15) is 0 Å². The van der Waals surface area contributed by atoms with Crippen LogP contribution < -0.4 is 5.32 Å². The highest BCUT2D eigenvalue weighted by atomic mass is 14.9. The van der Waals surface area contributed by atoms with E-state index in [4.69, 9.17) is 0 Å². The predicted octanol–water partition coefficient (Wildman–Crippen LogP) is 3.35. The molecule has 4 rings (SSSR count). The highest BCUT2D eigenvalue weighted by Gasteiger charge is 2.47. The Morgan fingerprint density at radius 3 is 2.33 bits per heavy atom. The first-order valence-corrected chi connectivity index (χ1v) is 7.07. The smallest absolute Gasteiger partial charge is 0.000825 e. The molecular formula is C14H25N. The quantitative estimate of drug-likeness (QED) is 0.685. The third-order valence-corrected chi connectivity index (χ3v) is 5.07. The molecule has 2 aliphatic carbocycles. The molecule has 2 aliphatic heterocycles. The van der Waals surface area contributed by atoms with Crippen LogP contribution in [0.2, 0.25) is 0 Å². The molecule has 0 aromatic heterocycles. The maximum absolute atomic E-state index is 3.63. The lowest BCUT2D eigenvalue weighted by Crippen LogP contribution is -2.55. The van der Waals surface area contributed by atoms with E-state index in [1.807, 2.05) is 0 Å². The molecule has 0 amide bonds. The van der Waals surface area contributed by atoms with Crippen LogP contribution in [-0.4, -0.2) is 13.1 Å². The Morgan fingerprint density at radius 2 is 1.73 bits per heavy atom. The van der Waals surface area contributed by atoms with Crippen LogP contribution in [0.1, 0.15) is 57.8 Å². The molecule has 0 aromatic carbocycles. The van der Waals surface area contributed by atoms with Gasteiger partial charge in [-0.3, -0.25) is 0 Å². The zero-order valence-electron chi connectivity index (χ0n) is 9.93. The average molecular weight is 207 g/mol. The van der Waals surface area contributed by atoms with E-state index in [1.165, 1.54) is 51.6 Å². The third kappa shape index (κ3) is 2.08. The summed E-state index contributed by atoms with van der Waals surface area (Å²) in [6.45, 7) is 2.65. The van der Waals surface area contributed by atoms with Gasteiger partial charge in [0.15, 0.2) is 0 Å². The van der Waals surface area contributed by atoms with Crippen LogP contribution >= 0.6 is 0 Å². The van der Waals surface area contributed by atoms with Gasteiger partial charge in [0, 0.05) is 6.54 Å². The van der Waals surface area contributed by atoms with Crippen molar-refractivity contribution < 1.29 is 0 Å². The van der Waals surface area contributed by atoms with Gasteiger partial charge in [-0.05, 0) is 43.1 Å². The molecule has 0 unspecified atom stereocenters. The van der Waals surface area contributed by atoms with Gasteiger partial charge in [0.25, 0.3) is 0 Å². The zero-order chi connectivity index (χ0) is 10.1. The minimum absolute atomic E-state index is 0.762. The van der Waals surface area contributed by atoms with Gasteiger partial charge in [-0.25, -0.2) is 0 Å². The maximum Gasteiger partial charge on any atom is 0.000825 e. The van der Waals surface area contributed by atoms with Crippen LogP contribution in [0, 0.1) is 17.3 Å². The lowest BCUT2D eigenvalue weighted by molar-refractivity contribution is -0.00999. The topological polar surface area (TPSA) is 12.0 Å². The molecule has 86 valence electrons. The fraction of sp³-hybridized carbons (Fsp3) is 1.00. The van der Waals surface area contributed by atoms with E-state index < -0.39 is 0 Å². The van der Waals surface area contributed by atoms with Crippen molar-refractivity contribution in [1.82, 2.24) is 5.32 Å². The van der Waals surface area contributed by atoms with Gasteiger partial charge in [0.2, 0.25) is 0 Å². The van der Waals surface area contributed by atoms with Crippen molar-refractivity contribution in [3.05, 3.63) is 0 Å². The second-order valence-corrected chi connectivity index (χ2v) is 6.47. The fourth-order valence-electron chi connectivity index (χ4n) is 4.41. The predicted molar refractivity (Wildman–Crippen MR) is 63.8 cm³/mol. The summed E-state index contributed by atoms with van der Waals surface area (Å²) >= 11 is 0. The summed E-state index contributed by atoms with van der Waals surface area (Å²) < 4.78 is 0. The molecule has 1 N–H and O–H groups in total. The fourth-order valence-corrected chi connectivity index (χ4v) is 4.41. The highest BCUT2D eigenvalue weighted by molar-refractivity contribution is 5.00. The number of fused-ring (bicyclic) bond motifs is 2. The molecule has 1 heteroatoms. The first kappa shape index (κ1) is 10.1. The molecule has 0 atom stereocenters. The monoisotopic (exact) mass is 207 g/mol. The summed E-state index contributed by atoms with van der Waals surface area (Å²) in [7, 11) is 0. The van der Waals surface area contributed by atoms with E-state index in [9.17, 15) is 0 Å². The van der Waals surface area contributed by atoms with Crippen molar-refractivity contribution in [2.24, 2.45) is 17.3 Å². The van der Waals surface area contributed by atoms with E-state index in [0.29, 0.717) is 0 Å². The number of hydrogen-bond acceptors (Lipinski definition) is 1. The van der Waals surface area contributed by atoms with Crippen molar-refractivity contribution in [1.29, 1.82) is 0 Å². The first-order chi connectivity index (χ1) is 7.36. The Morgan fingerprint density at radius 1 is 1.00 bits per heavy atom. The molecule has 1 nitrogen and oxygen atoms in total. The molecule has 2 heterocycles. The minimum Gasteiger partial charge on any atom is -0.316 e. The largest absolute Gasteiger partial charge is 0.316 e. The molecule has 4 fully saturated rings. The summed E-state index contributed by atoms with van der Waals surface area (Å²) in [6, 6.07) is 0. The number of nitrogens with one attached hydrogen (secondary N) is 1. The van der Waals surface area contributed by atoms with Crippen LogP contribution in [-0.2, 0) is 0 Å². The van der Waals surface area contributed by atoms with Crippen molar-refractivity contribution in [3.8, 4) is 0 Å². The Labute approximate surface area is 94.0 Å². The summed E-state index contributed by atoms with van der Waals surface area (Å²) in [5, 5.41) is 3.63. The highest BCUT2D eigenvalue weighted by Crippen LogP contribution is 2.52. The van der Waals surface area contributed by atoms with E-state index in [1.54, 1.807) is 19.3 Å². The van der Waals surface area contributed by atoms with Crippen molar-refractivity contribution in [2.45, 2.75) is 57.8 Å². The standard InChI is InChI=1S/C14H25N/c1-2-4-6-12(5-3-1)7-14-8-13(9-14)10-15-11-14/h12-13,15H,1-11H2. The van der Waals surface area contributed by atoms with Crippen LogP contribution in [0.25, 0.3) is 0 Å². The van der Waals surface area contributed by atoms with E-state index in [0.717, 1.165) is 17.3 Å². The zero-order valence-corrected chi connectivity index (χ0v) is 9.93. The average Bonchev–Trinajstić information content (AvgIpc) is 2.46. The molecule has 15 heavy (non-hydrogen) atoms. The molecule has 4 aliphatic rings. The molecule has 0 spiro atoms. The second-order valence-electron chi connectivity index (χ2n) is 6.47. The van der Waals surface area contributed by atoms with Crippen molar-refractivity contribution in [3.63, 3.8) is 0 Å². The van der Waals surface area contributed by atoms with Crippen molar-refractivity contribution in [2.75, 3.05) is 13.1 Å². The normalized spacial score (nSPS) is 42.0. The van der Waals surface area contributed by atoms with Gasteiger partial charge < -0.3 is 5.32 Å².